The number of nitrogens with zero attached hydrogens (tertiary/aromatic N) is 3. The molecule has 7 nitrogen and oxygen atoms in total. The fourth-order valence-electron chi connectivity index (χ4n) is 3.93. The average molecular weight is 554 g/mol. The van der Waals surface area contributed by atoms with Crippen molar-refractivity contribution in [2.24, 2.45) is 0 Å². The quantitative estimate of drug-likeness (QED) is 0.316. The molecule has 4 aromatic rings. The predicted molar refractivity (Wildman–Crippen MR) is 124 cm³/mol. The minimum Gasteiger partial charge on any atom is -0.269 e. The molecule has 5 rings (SSSR count). The summed E-state index contributed by atoms with van der Waals surface area (Å²) >= 11 is 12.1. The van der Waals surface area contributed by atoms with Crippen molar-refractivity contribution in [2.75, 3.05) is 0 Å². The molecule has 0 atom stereocenters. The van der Waals surface area contributed by atoms with Gasteiger partial charge in [-0.2, -0.15) is 13.2 Å². The lowest BCUT2D eigenvalue weighted by Gasteiger charge is -2.16. The highest BCUT2D eigenvalue weighted by Gasteiger charge is 2.38. The van der Waals surface area contributed by atoms with Crippen LogP contribution in [0.5, 0.6) is 0 Å². The molecule has 2 heterocycles. The van der Waals surface area contributed by atoms with Crippen LogP contribution in [0.15, 0.2) is 65.6 Å². The maximum absolute atomic E-state index is 13.7. The third kappa shape index (κ3) is 3.83. The summed E-state index contributed by atoms with van der Waals surface area (Å²) in [5, 5.41) is 0.0226. The first-order valence-corrected chi connectivity index (χ1v) is 12.3. The van der Waals surface area contributed by atoms with Crippen molar-refractivity contribution in [2.45, 2.75) is 17.6 Å². The van der Waals surface area contributed by atoms with Gasteiger partial charge in [0.25, 0.3) is 21.8 Å². The van der Waals surface area contributed by atoms with E-state index in [0.717, 1.165) is 23.1 Å². The molecule has 0 spiro atoms. The first-order valence-electron chi connectivity index (χ1n) is 10.1. The molecule has 0 radical (unpaired) electrons. The van der Waals surface area contributed by atoms with Gasteiger partial charge in [-0.15, -0.1) is 0 Å². The molecule has 184 valence electrons. The molecule has 0 saturated carbocycles. The van der Waals surface area contributed by atoms with E-state index in [1.807, 2.05) is 0 Å². The number of aromatic nitrogens is 2. The van der Waals surface area contributed by atoms with Crippen LogP contribution in [0.25, 0.3) is 11.0 Å². The van der Waals surface area contributed by atoms with E-state index in [-0.39, 0.29) is 38.0 Å². The van der Waals surface area contributed by atoms with Crippen LogP contribution >= 0.6 is 23.2 Å². The average Bonchev–Trinajstić information content (AvgIpc) is 3.29. The molecule has 0 N–H and O–H groups in total. The van der Waals surface area contributed by atoms with Crippen molar-refractivity contribution >= 4 is 56.1 Å². The Morgan fingerprint density at radius 3 is 2.08 bits per heavy atom. The van der Waals surface area contributed by atoms with Crippen molar-refractivity contribution in [3.63, 3.8) is 0 Å². The summed E-state index contributed by atoms with van der Waals surface area (Å²) in [5.74, 6) is -1.63. The Morgan fingerprint density at radius 2 is 1.47 bits per heavy atom. The summed E-state index contributed by atoms with van der Waals surface area (Å²) in [6.07, 6.45) is -4.79. The lowest BCUT2D eigenvalue weighted by molar-refractivity contribution is -0.137. The van der Waals surface area contributed by atoms with E-state index in [2.05, 4.69) is 4.98 Å². The Bertz CT molecular complexity index is 1670. The Morgan fingerprint density at radius 1 is 0.861 bits per heavy atom. The number of imidazole rings is 1. The molecule has 0 unspecified atom stereocenters. The third-order valence-corrected chi connectivity index (χ3v) is 8.06. The van der Waals surface area contributed by atoms with Crippen LogP contribution in [0.3, 0.4) is 0 Å². The molecule has 3 aromatic carbocycles. The standard InChI is InChI=1S/C23H12Cl2F3N3O4S/c24-16-9-18-19(10-17(16)25)31(36(34,35)13-5-3-4-12(8-13)23(26,27)28)20(29-18)11-30-21(32)14-6-1-2-7-15(14)22(30)33/h1-10H,11H2. The minimum atomic E-state index is -4.79. The highest BCUT2D eigenvalue weighted by atomic mass is 35.5. The van der Waals surface area contributed by atoms with E-state index in [1.165, 1.54) is 24.3 Å². The van der Waals surface area contributed by atoms with Crippen molar-refractivity contribution in [3.05, 3.63) is 93.2 Å². The van der Waals surface area contributed by atoms with E-state index in [9.17, 15) is 31.2 Å². The zero-order valence-corrected chi connectivity index (χ0v) is 20.1. The van der Waals surface area contributed by atoms with Crippen LogP contribution < -0.4 is 0 Å². The van der Waals surface area contributed by atoms with E-state index < -0.39 is 45.0 Å². The Kier molecular flexibility index (Phi) is 5.62. The van der Waals surface area contributed by atoms with E-state index in [0.29, 0.717) is 10.0 Å². The lowest BCUT2D eigenvalue weighted by Crippen LogP contribution is -2.31. The maximum atomic E-state index is 13.7. The molecule has 0 saturated heterocycles. The van der Waals surface area contributed by atoms with Crippen molar-refractivity contribution in [3.8, 4) is 0 Å². The molecule has 1 aliphatic rings. The van der Waals surface area contributed by atoms with Gasteiger partial charge < -0.3 is 0 Å². The van der Waals surface area contributed by atoms with Gasteiger partial charge in [0.2, 0.25) is 0 Å². The zero-order valence-electron chi connectivity index (χ0n) is 17.8. The number of fused-ring (bicyclic) bond motifs is 2. The van der Waals surface area contributed by atoms with Crippen LogP contribution in [0.4, 0.5) is 13.2 Å². The second-order valence-electron chi connectivity index (χ2n) is 7.82. The van der Waals surface area contributed by atoms with Crippen LogP contribution in [0.1, 0.15) is 32.1 Å². The van der Waals surface area contributed by atoms with Gasteiger partial charge in [0, 0.05) is 0 Å². The van der Waals surface area contributed by atoms with Crippen LogP contribution in [0, 0.1) is 0 Å². The van der Waals surface area contributed by atoms with Gasteiger partial charge in [0.1, 0.15) is 5.82 Å². The number of benzene rings is 3. The van der Waals surface area contributed by atoms with Gasteiger partial charge in [-0.25, -0.2) is 17.4 Å². The molecule has 1 aliphatic heterocycles. The lowest BCUT2D eigenvalue weighted by atomic mass is 10.1. The number of alkyl halides is 3. The first-order chi connectivity index (χ1) is 16.9. The second-order valence-corrected chi connectivity index (χ2v) is 10.4. The number of carbonyl (C=O) groups is 2. The highest BCUT2D eigenvalue weighted by molar-refractivity contribution is 7.90. The molecular formula is C23H12Cl2F3N3O4S. The summed E-state index contributed by atoms with van der Waals surface area (Å²) in [6.45, 7) is -0.575. The van der Waals surface area contributed by atoms with Gasteiger partial charge in [-0.1, -0.05) is 41.4 Å². The van der Waals surface area contributed by atoms with Crippen molar-refractivity contribution in [1.29, 1.82) is 0 Å². The molecule has 0 fully saturated rings. The predicted octanol–water partition coefficient (Wildman–Crippen LogP) is 5.40. The van der Waals surface area contributed by atoms with Crippen LogP contribution in [-0.2, 0) is 22.7 Å². The number of imide groups is 1. The number of rotatable bonds is 4. The summed E-state index contributed by atoms with van der Waals surface area (Å²) in [4.78, 5) is 30.1. The second kappa shape index (κ2) is 8.32. The molecule has 13 heteroatoms. The zero-order chi connectivity index (χ0) is 26.0. The summed E-state index contributed by atoms with van der Waals surface area (Å²) in [5.41, 5.74) is -0.940. The van der Waals surface area contributed by atoms with E-state index in [1.54, 1.807) is 12.1 Å². The van der Waals surface area contributed by atoms with Gasteiger partial charge in [0.05, 0.1) is 49.2 Å². The van der Waals surface area contributed by atoms with E-state index >= 15 is 0 Å². The Balaban J connectivity index is 1.70. The number of hydrogen-bond acceptors (Lipinski definition) is 5. The Labute approximate surface area is 211 Å². The first kappa shape index (κ1) is 24.3. The minimum absolute atomic E-state index is 0.0307. The SMILES string of the molecule is O=C1c2ccccc2C(=O)N1Cc1nc2cc(Cl)c(Cl)cc2n1S(=O)(=O)c1cccc(C(F)(F)F)c1. The topological polar surface area (TPSA) is 89.3 Å². The molecule has 0 aliphatic carbocycles. The molecule has 2 amide bonds. The van der Waals surface area contributed by atoms with Crippen LogP contribution in [0.2, 0.25) is 10.0 Å². The van der Waals surface area contributed by atoms with Gasteiger partial charge in [0.15, 0.2) is 0 Å². The summed E-state index contributed by atoms with van der Waals surface area (Å²) in [7, 11) is -4.71. The fraction of sp³-hybridized carbons (Fsp3) is 0.0870. The summed E-state index contributed by atoms with van der Waals surface area (Å²) in [6, 6.07) is 11.7. The van der Waals surface area contributed by atoms with Crippen molar-refractivity contribution in [1.82, 2.24) is 13.9 Å². The number of halogens is 5. The number of carbonyl (C=O) groups excluding carboxylic acids is 2. The monoisotopic (exact) mass is 553 g/mol. The number of hydrogen-bond donors (Lipinski definition) is 0. The van der Waals surface area contributed by atoms with E-state index in [4.69, 9.17) is 23.2 Å². The third-order valence-electron chi connectivity index (χ3n) is 5.60. The van der Waals surface area contributed by atoms with Gasteiger partial charge >= 0.3 is 6.18 Å². The van der Waals surface area contributed by atoms with Gasteiger partial charge in [-0.3, -0.25) is 14.5 Å². The fourth-order valence-corrected chi connectivity index (χ4v) is 5.77. The highest BCUT2D eigenvalue weighted by Crippen LogP contribution is 2.34. The van der Waals surface area contributed by atoms with Gasteiger partial charge in [-0.05, 0) is 42.5 Å². The largest absolute Gasteiger partial charge is 0.416 e. The molecule has 1 aromatic heterocycles. The van der Waals surface area contributed by atoms with Crippen LogP contribution in [-0.4, -0.2) is 34.1 Å². The molecule has 0 bridgehead atoms. The normalized spacial score (nSPS) is 14.1. The Hall–Kier alpha value is -3.41. The smallest absolute Gasteiger partial charge is 0.269 e. The molecule has 36 heavy (non-hydrogen) atoms. The summed E-state index contributed by atoms with van der Waals surface area (Å²) < 4.78 is 67.8. The maximum Gasteiger partial charge on any atom is 0.416 e. The van der Waals surface area contributed by atoms with Crippen molar-refractivity contribution < 1.29 is 31.2 Å². The molecular weight excluding hydrogens is 542 g/mol. The number of amides is 2.